The minimum Gasteiger partial charge on any atom is -0.390 e. The van der Waals surface area contributed by atoms with Crippen molar-refractivity contribution in [3.63, 3.8) is 0 Å². The van der Waals surface area contributed by atoms with Crippen molar-refractivity contribution in [1.29, 1.82) is 0 Å². The summed E-state index contributed by atoms with van der Waals surface area (Å²) in [5.74, 6) is 0.518. The Morgan fingerprint density at radius 2 is 1.84 bits per heavy atom. The van der Waals surface area contributed by atoms with Gasteiger partial charge in [0.25, 0.3) is 0 Å². The summed E-state index contributed by atoms with van der Waals surface area (Å²) >= 11 is 0. The van der Waals surface area contributed by atoms with Gasteiger partial charge in [0.05, 0.1) is 17.6 Å². The normalized spacial score (nSPS) is 36.9. The third-order valence-electron chi connectivity index (χ3n) is 7.65. The number of hydrogen-bond acceptors (Lipinski definition) is 6. The van der Waals surface area contributed by atoms with Crippen molar-refractivity contribution in [2.24, 2.45) is 27.7 Å². The molecule has 2 aromatic rings. The van der Waals surface area contributed by atoms with E-state index in [0.717, 1.165) is 29.1 Å². The van der Waals surface area contributed by atoms with Gasteiger partial charge in [-0.05, 0) is 53.7 Å². The summed E-state index contributed by atoms with van der Waals surface area (Å²) < 4.78 is 13.4. The summed E-state index contributed by atoms with van der Waals surface area (Å²) in [5, 5.41) is 24.9. The molecule has 2 heterocycles. The highest BCUT2D eigenvalue weighted by Crippen LogP contribution is 2.64. The zero-order valence-corrected chi connectivity index (χ0v) is 17.6. The molecule has 2 aromatic carbocycles. The van der Waals surface area contributed by atoms with Gasteiger partial charge in [0.15, 0.2) is 0 Å². The largest absolute Gasteiger partial charge is 0.390 e. The molecule has 4 unspecified atom stereocenters. The number of nitrogens with zero attached hydrogens (tertiary/aromatic N) is 3. The molecule has 2 saturated carbocycles. The van der Waals surface area contributed by atoms with Crippen LogP contribution < -0.4 is 5.32 Å². The van der Waals surface area contributed by atoms with E-state index in [1.165, 1.54) is 12.1 Å². The van der Waals surface area contributed by atoms with Crippen LogP contribution in [0.25, 0.3) is 5.57 Å². The molecular formula is C25H25FN4O2. The third kappa shape index (κ3) is 2.71. The fourth-order valence-corrected chi connectivity index (χ4v) is 5.91. The lowest BCUT2D eigenvalue weighted by Crippen LogP contribution is -2.51. The van der Waals surface area contributed by atoms with Crippen LogP contribution in [-0.2, 0) is 0 Å². The van der Waals surface area contributed by atoms with Crippen molar-refractivity contribution in [3.05, 3.63) is 72.2 Å². The Hall–Kier alpha value is -3.03. The minimum absolute atomic E-state index is 0.0377. The summed E-state index contributed by atoms with van der Waals surface area (Å²) in [4.78, 5) is 11.4. The molecule has 32 heavy (non-hydrogen) atoms. The smallest absolute Gasteiger partial charge is 0.137 e. The summed E-state index contributed by atoms with van der Waals surface area (Å²) in [7, 11) is 0. The van der Waals surface area contributed by atoms with Crippen LogP contribution in [0.4, 0.5) is 10.1 Å². The molecular weight excluding hydrogens is 407 g/mol. The molecule has 0 aromatic heterocycles. The van der Waals surface area contributed by atoms with Gasteiger partial charge >= 0.3 is 0 Å². The fraction of sp³-hybridized carbons (Fsp3) is 0.360. The number of amidine groups is 1. The maximum Gasteiger partial charge on any atom is 0.137 e. The van der Waals surface area contributed by atoms with E-state index in [1.54, 1.807) is 18.5 Å². The van der Waals surface area contributed by atoms with Gasteiger partial charge < -0.3 is 20.4 Å². The lowest BCUT2D eigenvalue weighted by atomic mass is 9.91. The van der Waals surface area contributed by atoms with Crippen LogP contribution in [0.3, 0.4) is 0 Å². The van der Waals surface area contributed by atoms with Crippen LogP contribution in [0.5, 0.6) is 0 Å². The number of anilines is 1. The molecule has 2 fully saturated rings. The van der Waals surface area contributed by atoms with Crippen LogP contribution in [0, 0.1) is 23.6 Å². The van der Waals surface area contributed by atoms with Gasteiger partial charge in [-0.25, -0.2) is 14.4 Å². The first-order valence-electron chi connectivity index (χ1n) is 11.0. The number of aliphatic hydroxyl groups excluding tert-OH is 2. The molecule has 0 bridgehead atoms. The fourth-order valence-electron chi connectivity index (χ4n) is 5.91. The minimum atomic E-state index is -0.822. The predicted molar refractivity (Wildman–Crippen MR) is 122 cm³/mol. The van der Waals surface area contributed by atoms with Gasteiger partial charge in [0.1, 0.15) is 30.3 Å². The number of benzene rings is 2. The number of fused-ring (bicyclic) bond motifs is 2. The van der Waals surface area contributed by atoms with Crippen molar-refractivity contribution in [2.45, 2.75) is 37.3 Å². The second-order valence-corrected chi connectivity index (χ2v) is 9.26. The van der Waals surface area contributed by atoms with E-state index < -0.39 is 17.7 Å². The molecule has 7 atom stereocenters. The first-order valence-corrected chi connectivity index (χ1v) is 11.0. The molecule has 2 aliphatic carbocycles. The molecule has 4 aliphatic rings. The van der Waals surface area contributed by atoms with Gasteiger partial charge in [-0.3, -0.25) is 0 Å². The van der Waals surface area contributed by atoms with Crippen molar-refractivity contribution in [2.75, 3.05) is 5.32 Å². The highest BCUT2D eigenvalue weighted by atomic mass is 19.1. The van der Waals surface area contributed by atoms with E-state index in [1.807, 2.05) is 25.1 Å². The number of halogens is 1. The van der Waals surface area contributed by atoms with Gasteiger partial charge in [0, 0.05) is 11.9 Å². The Morgan fingerprint density at radius 3 is 2.53 bits per heavy atom. The number of nitrogens with one attached hydrogen (secondary N) is 1. The lowest BCUT2D eigenvalue weighted by Gasteiger charge is -2.37. The molecule has 6 nitrogen and oxygen atoms in total. The van der Waals surface area contributed by atoms with E-state index in [2.05, 4.69) is 33.5 Å². The van der Waals surface area contributed by atoms with Crippen LogP contribution in [-0.4, -0.2) is 51.2 Å². The lowest BCUT2D eigenvalue weighted by molar-refractivity contribution is -0.0324. The Balaban J connectivity index is 1.40. The maximum atomic E-state index is 13.4. The Kier molecular flexibility index (Phi) is 4.29. The van der Waals surface area contributed by atoms with E-state index in [-0.39, 0.29) is 29.7 Å². The van der Waals surface area contributed by atoms with Gasteiger partial charge in [-0.15, -0.1) is 0 Å². The molecule has 3 N–H and O–H groups in total. The van der Waals surface area contributed by atoms with Crippen LogP contribution in [0.1, 0.15) is 18.9 Å². The van der Waals surface area contributed by atoms with Crippen molar-refractivity contribution in [3.8, 4) is 0 Å². The number of hydrogen-bond donors (Lipinski definition) is 3. The first kappa shape index (κ1) is 19.6. The highest BCUT2D eigenvalue weighted by Gasteiger charge is 2.74. The van der Waals surface area contributed by atoms with Crippen molar-refractivity contribution in [1.82, 2.24) is 4.90 Å². The molecule has 6 rings (SSSR count). The average Bonchev–Trinajstić information content (AvgIpc) is 3.39. The second kappa shape index (κ2) is 6.98. The van der Waals surface area contributed by atoms with Gasteiger partial charge in [-0.2, -0.15) is 0 Å². The highest BCUT2D eigenvalue weighted by molar-refractivity contribution is 6.09. The quantitative estimate of drug-likeness (QED) is 0.696. The van der Waals surface area contributed by atoms with Crippen LogP contribution >= 0.6 is 0 Å². The maximum absolute atomic E-state index is 13.4. The Labute approximate surface area is 185 Å². The summed E-state index contributed by atoms with van der Waals surface area (Å²) in [6, 6.07) is 16.3. The Morgan fingerprint density at radius 1 is 1.09 bits per heavy atom. The summed E-state index contributed by atoms with van der Waals surface area (Å²) in [6.07, 6.45) is 2.65. The van der Waals surface area contributed by atoms with E-state index >= 15 is 0 Å². The first-order chi connectivity index (χ1) is 15.5. The average molecular weight is 432 g/mol. The van der Waals surface area contributed by atoms with Crippen molar-refractivity contribution < 1.29 is 14.6 Å². The summed E-state index contributed by atoms with van der Waals surface area (Å²) in [6.45, 7) is 2.01. The van der Waals surface area contributed by atoms with E-state index in [0.29, 0.717) is 0 Å². The van der Waals surface area contributed by atoms with E-state index in [4.69, 9.17) is 4.99 Å². The third-order valence-corrected chi connectivity index (χ3v) is 7.65. The molecule has 0 spiro atoms. The molecule has 2 aliphatic heterocycles. The Bertz CT molecular complexity index is 1130. The zero-order chi connectivity index (χ0) is 22.0. The topological polar surface area (TPSA) is 80.5 Å². The molecule has 7 heteroatoms. The zero-order valence-electron chi connectivity index (χ0n) is 17.6. The van der Waals surface area contributed by atoms with Crippen LogP contribution in [0.2, 0.25) is 0 Å². The van der Waals surface area contributed by atoms with Gasteiger partial charge in [0.2, 0.25) is 0 Å². The van der Waals surface area contributed by atoms with E-state index in [9.17, 15) is 14.6 Å². The second-order valence-electron chi connectivity index (χ2n) is 9.26. The number of rotatable bonds is 3. The standard InChI is InChI=1S/C25H25FN4O2/c1-14-19-11-25(19,22(32)21(14)31)30-12-18(15-5-3-2-4-6-15)20-23(27-13-28-24(20)30)29-17-9-7-16(26)8-10-17/h2-10,12-14,19-22,24,31-32H,11H2,1H3,(H,27,28,29)/t14-,19-,20?,21?,22?,24?,25+/m0/s1. The summed E-state index contributed by atoms with van der Waals surface area (Å²) in [5.41, 5.74) is 2.36. The number of aliphatic hydroxyl groups is 2. The SMILES string of the molecule is C[C@@H]1C(O)C(O)[C@@]2(N3C=C(c4ccccc4)C4C(Nc5ccc(F)cc5)=NC=NC43)C[C@@H]12. The molecule has 0 radical (unpaired) electrons. The van der Waals surface area contributed by atoms with Crippen LogP contribution in [0.15, 0.2) is 70.8 Å². The molecule has 0 amide bonds. The van der Waals surface area contributed by atoms with Crippen molar-refractivity contribution >= 4 is 23.4 Å². The molecule has 164 valence electrons. The predicted octanol–water partition coefficient (Wildman–Crippen LogP) is 3.11. The van der Waals surface area contributed by atoms with Gasteiger partial charge in [-0.1, -0.05) is 37.3 Å². The number of aliphatic imine (C=N–C) groups is 2. The molecule has 0 saturated heterocycles. The monoisotopic (exact) mass is 432 g/mol.